The second kappa shape index (κ2) is 7.23. The number of ether oxygens (including phenoxy) is 1. The van der Waals surface area contributed by atoms with Gasteiger partial charge in [0.05, 0.1) is 25.9 Å². The highest BCUT2D eigenvalue weighted by atomic mass is 16.5. The number of nitrogens with zero attached hydrogens (tertiary/aromatic N) is 4. The molecule has 1 N–H and O–H groups in total. The number of methoxy groups -OCH3 is 1. The van der Waals surface area contributed by atoms with Crippen molar-refractivity contribution in [2.75, 3.05) is 13.7 Å². The normalized spacial score (nSPS) is 19.6. The summed E-state index contributed by atoms with van der Waals surface area (Å²) in [5, 5.41) is 18.8. The molecule has 1 aliphatic rings. The predicted molar refractivity (Wildman–Crippen MR) is 91.9 cm³/mol. The summed E-state index contributed by atoms with van der Waals surface area (Å²) in [5.41, 5.74) is -0.319. The van der Waals surface area contributed by atoms with Crippen LogP contribution in [-0.2, 0) is 16.9 Å². The van der Waals surface area contributed by atoms with E-state index < -0.39 is 5.60 Å². The minimum absolute atomic E-state index is 0.0341. The number of amides is 1. The third kappa shape index (κ3) is 3.66. The number of hydrogen-bond acceptors (Lipinski definition) is 5. The SMILES string of the molecule is COc1ccc([C@@](C)(O)[C@@H]2CCCN2C(=O)CCn2ccnn2)cc1. The maximum absolute atomic E-state index is 12.7. The van der Waals surface area contributed by atoms with Gasteiger partial charge in [-0.2, -0.15) is 0 Å². The van der Waals surface area contributed by atoms with E-state index in [1.807, 2.05) is 24.3 Å². The van der Waals surface area contributed by atoms with Gasteiger partial charge in [0.1, 0.15) is 11.4 Å². The second-order valence-electron chi connectivity index (χ2n) is 6.54. The van der Waals surface area contributed by atoms with Crippen LogP contribution in [0.1, 0.15) is 31.7 Å². The molecule has 1 saturated heterocycles. The fourth-order valence-electron chi connectivity index (χ4n) is 3.48. The van der Waals surface area contributed by atoms with Gasteiger partial charge in [0.25, 0.3) is 0 Å². The summed E-state index contributed by atoms with van der Waals surface area (Å²) in [4.78, 5) is 14.5. The number of likely N-dealkylation sites (tertiary alicyclic amines) is 1. The molecular formula is C18H24N4O3. The summed E-state index contributed by atoms with van der Waals surface area (Å²) in [5.74, 6) is 0.776. The number of aromatic nitrogens is 3. The molecule has 7 heteroatoms. The molecule has 0 aliphatic carbocycles. The van der Waals surface area contributed by atoms with Gasteiger partial charge in [-0.25, -0.2) is 0 Å². The Kier molecular flexibility index (Phi) is 5.03. The van der Waals surface area contributed by atoms with E-state index in [9.17, 15) is 9.90 Å². The average molecular weight is 344 g/mol. The highest BCUT2D eigenvalue weighted by molar-refractivity contribution is 5.77. The van der Waals surface area contributed by atoms with Gasteiger partial charge in [-0.15, -0.1) is 5.10 Å². The fraction of sp³-hybridized carbons (Fsp3) is 0.500. The molecule has 0 saturated carbocycles. The third-order valence-electron chi connectivity index (χ3n) is 4.92. The molecule has 0 spiro atoms. The first kappa shape index (κ1) is 17.4. The molecule has 0 unspecified atom stereocenters. The first-order chi connectivity index (χ1) is 12.0. The van der Waals surface area contributed by atoms with E-state index in [1.54, 1.807) is 36.0 Å². The van der Waals surface area contributed by atoms with E-state index in [4.69, 9.17) is 4.74 Å². The zero-order chi connectivity index (χ0) is 17.9. The van der Waals surface area contributed by atoms with Gasteiger partial charge in [-0.3, -0.25) is 9.48 Å². The van der Waals surface area contributed by atoms with Gasteiger partial charge >= 0.3 is 0 Å². The molecule has 1 aromatic carbocycles. The van der Waals surface area contributed by atoms with Crippen LogP contribution in [0.15, 0.2) is 36.7 Å². The lowest BCUT2D eigenvalue weighted by atomic mass is 9.86. The Morgan fingerprint density at radius 2 is 2.16 bits per heavy atom. The van der Waals surface area contributed by atoms with E-state index >= 15 is 0 Å². The Morgan fingerprint density at radius 3 is 2.80 bits per heavy atom. The van der Waals surface area contributed by atoms with Crippen molar-refractivity contribution in [2.24, 2.45) is 0 Å². The molecule has 0 bridgehead atoms. The molecule has 1 amide bonds. The number of aliphatic hydroxyl groups is 1. The average Bonchev–Trinajstić information content (AvgIpc) is 3.31. The minimum atomic E-state index is -1.11. The molecule has 25 heavy (non-hydrogen) atoms. The number of carbonyl (C=O) groups is 1. The summed E-state index contributed by atoms with van der Waals surface area (Å²) in [7, 11) is 1.61. The minimum Gasteiger partial charge on any atom is -0.497 e. The van der Waals surface area contributed by atoms with Crippen LogP contribution in [-0.4, -0.2) is 50.6 Å². The number of hydrogen-bond donors (Lipinski definition) is 1. The molecule has 1 aromatic heterocycles. The van der Waals surface area contributed by atoms with E-state index in [2.05, 4.69) is 10.3 Å². The predicted octanol–water partition coefficient (Wildman–Crippen LogP) is 1.58. The van der Waals surface area contributed by atoms with Crippen molar-refractivity contribution in [3.8, 4) is 5.75 Å². The van der Waals surface area contributed by atoms with Gasteiger partial charge in [-0.1, -0.05) is 17.3 Å². The summed E-state index contributed by atoms with van der Waals surface area (Å²) in [6, 6.07) is 7.14. The van der Waals surface area contributed by atoms with Crippen molar-refractivity contribution in [1.29, 1.82) is 0 Å². The summed E-state index contributed by atoms with van der Waals surface area (Å²) >= 11 is 0. The third-order valence-corrected chi connectivity index (χ3v) is 4.92. The van der Waals surface area contributed by atoms with E-state index in [-0.39, 0.29) is 11.9 Å². The Hall–Kier alpha value is -2.41. The van der Waals surface area contributed by atoms with Crippen molar-refractivity contribution < 1.29 is 14.6 Å². The van der Waals surface area contributed by atoms with Gasteiger partial charge in [0.2, 0.25) is 5.91 Å². The van der Waals surface area contributed by atoms with Gasteiger partial charge in [-0.05, 0) is 37.5 Å². The zero-order valence-electron chi connectivity index (χ0n) is 14.6. The van der Waals surface area contributed by atoms with Crippen LogP contribution in [0.4, 0.5) is 0 Å². The van der Waals surface area contributed by atoms with Crippen LogP contribution in [0, 0.1) is 0 Å². The molecule has 2 aromatic rings. The van der Waals surface area contributed by atoms with Crippen LogP contribution in [0.25, 0.3) is 0 Å². The van der Waals surface area contributed by atoms with Crippen LogP contribution >= 0.6 is 0 Å². The highest BCUT2D eigenvalue weighted by Crippen LogP contribution is 2.35. The largest absolute Gasteiger partial charge is 0.497 e. The topological polar surface area (TPSA) is 80.5 Å². The number of aryl methyl sites for hydroxylation is 1. The number of rotatable bonds is 6. The lowest BCUT2D eigenvalue weighted by molar-refractivity contribution is -0.138. The molecule has 1 aliphatic heterocycles. The molecule has 3 rings (SSSR count). The van der Waals surface area contributed by atoms with Crippen LogP contribution in [0.5, 0.6) is 5.75 Å². The van der Waals surface area contributed by atoms with Crippen molar-refractivity contribution in [1.82, 2.24) is 19.9 Å². The van der Waals surface area contributed by atoms with Gasteiger partial charge < -0.3 is 14.7 Å². The summed E-state index contributed by atoms with van der Waals surface area (Å²) < 4.78 is 6.82. The fourth-order valence-corrected chi connectivity index (χ4v) is 3.48. The molecule has 1 fully saturated rings. The maximum atomic E-state index is 12.7. The Bertz CT molecular complexity index is 698. The summed E-state index contributed by atoms with van der Waals surface area (Å²) in [6.07, 6.45) is 5.36. The lowest BCUT2D eigenvalue weighted by Crippen LogP contribution is -2.48. The van der Waals surface area contributed by atoms with Crippen LogP contribution in [0.3, 0.4) is 0 Å². The van der Waals surface area contributed by atoms with Crippen molar-refractivity contribution >= 4 is 5.91 Å². The second-order valence-corrected chi connectivity index (χ2v) is 6.54. The highest BCUT2D eigenvalue weighted by Gasteiger charge is 2.42. The molecule has 2 atom stereocenters. The first-order valence-corrected chi connectivity index (χ1v) is 8.53. The zero-order valence-corrected chi connectivity index (χ0v) is 14.6. The van der Waals surface area contributed by atoms with Crippen molar-refractivity contribution in [2.45, 2.75) is 44.4 Å². The maximum Gasteiger partial charge on any atom is 0.224 e. The number of benzene rings is 1. The Labute approximate surface area is 147 Å². The van der Waals surface area contributed by atoms with E-state index in [0.29, 0.717) is 19.5 Å². The molecular weight excluding hydrogens is 320 g/mol. The van der Waals surface area contributed by atoms with E-state index in [0.717, 1.165) is 24.2 Å². The molecule has 2 heterocycles. The van der Waals surface area contributed by atoms with Crippen LogP contribution < -0.4 is 4.74 Å². The molecule has 7 nitrogen and oxygen atoms in total. The lowest BCUT2D eigenvalue weighted by Gasteiger charge is -2.37. The monoisotopic (exact) mass is 344 g/mol. The van der Waals surface area contributed by atoms with Gasteiger partial charge in [0.15, 0.2) is 0 Å². The first-order valence-electron chi connectivity index (χ1n) is 8.53. The molecule has 0 radical (unpaired) electrons. The smallest absolute Gasteiger partial charge is 0.224 e. The van der Waals surface area contributed by atoms with Crippen molar-refractivity contribution in [3.63, 3.8) is 0 Å². The molecule has 134 valence electrons. The number of carbonyl (C=O) groups excluding carboxylic acids is 1. The van der Waals surface area contributed by atoms with Crippen molar-refractivity contribution in [3.05, 3.63) is 42.2 Å². The Balaban J connectivity index is 1.71. The Morgan fingerprint density at radius 1 is 1.40 bits per heavy atom. The van der Waals surface area contributed by atoms with E-state index in [1.165, 1.54) is 0 Å². The van der Waals surface area contributed by atoms with Crippen LogP contribution in [0.2, 0.25) is 0 Å². The standard InChI is InChI=1S/C18H24N4O3/c1-18(24,14-5-7-15(25-2)8-6-14)16-4-3-11-22(16)17(23)9-12-21-13-10-19-20-21/h5-8,10,13,16,24H,3-4,9,11-12H2,1-2H3/t16-,18+/m0/s1. The summed E-state index contributed by atoms with van der Waals surface area (Å²) in [6.45, 7) is 2.95. The van der Waals surface area contributed by atoms with Gasteiger partial charge in [0, 0.05) is 19.2 Å². The quantitative estimate of drug-likeness (QED) is 0.860.